The number of likely N-dealkylation sites (tertiary alicyclic amines) is 1. The van der Waals surface area contributed by atoms with E-state index >= 15 is 0 Å². The molecule has 1 aromatic heterocycles. The van der Waals surface area contributed by atoms with E-state index in [1.807, 2.05) is 0 Å². The topological polar surface area (TPSA) is 91.5 Å². The standard InChI is InChI=1S/C17H21FN4O3/c1-11-20-15(21-25-11)10-19-17(24)22-8-6-13(7-9-22)16(23)12-2-4-14(18)5-3-12/h2-5,13,16,23H,6-10H2,1H3,(H,19,24). The number of urea groups is 1. The van der Waals surface area contributed by atoms with Gasteiger partial charge in [-0.05, 0) is 36.5 Å². The van der Waals surface area contributed by atoms with Gasteiger partial charge in [-0.15, -0.1) is 0 Å². The number of aryl methyl sites for hydroxylation is 1. The molecule has 1 fully saturated rings. The number of aromatic nitrogens is 2. The van der Waals surface area contributed by atoms with Gasteiger partial charge in [0.2, 0.25) is 5.89 Å². The molecule has 8 heteroatoms. The number of hydrogen-bond acceptors (Lipinski definition) is 5. The minimum atomic E-state index is -0.645. The molecule has 1 aromatic carbocycles. The van der Waals surface area contributed by atoms with E-state index in [0.29, 0.717) is 43.2 Å². The van der Waals surface area contributed by atoms with Crippen molar-refractivity contribution in [2.24, 2.45) is 5.92 Å². The summed E-state index contributed by atoms with van der Waals surface area (Å²) in [5.74, 6) is 0.626. The van der Waals surface area contributed by atoms with Crippen molar-refractivity contribution in [3.05, 3.63) is 47.4 Å². The fourth-order valence-electron chi connectivity index (χ4n) is 3.03. The van der Waals surface area contributed by atoms with Crippen molar-refractivity contribution in [2.75, 3.05) is 13.1 Å². The van der Waals surface area contributed by atoms with Gasteiger partial charge in [0.1, 0.15) is 5.82 Å². The fourth-order valence-corrected chi connectivity index (χ4v) is 3.03. The molecule has 1 unspecified atom stereocenters. The molecule has 1 aliphatic heterocycles. The SMILES string of the molecule is Cc1nc(CNC(=O)N2CCC(C(O)c3ccc(F)cc3)CC2)no1. The molecule has 7 nitrogen and oxygen atoms in total. The van der Waals surface area contributed by atoms with Crippen molar-refractivity contribution in [3.63, 3.8) is 0 Å². The van der Waals surface area contributed by atoms with Crippen LogP contribution in [0.1, 0.15) is 36.2 Å². The summed E-state index contributed by atoms with van der Waals surface area (Å²) in [4.78, 5) is 17.9. The maximum atomic E-state index is 13.0. The van der Waals surface area contributed by atoms with Crippen molar-refractivity contribution < 1.29 is 18.8 Å². The number of halogens is 1. The predicted molar refractivity (Wildman–Crippen MR) is 86.9 cm³/mol. The Morgan fingerprint density at radius 1 is 1.40 bits per heavy atom. The molecule has 0 bridgehead atoms. The molecular weight excluding hydrogens is 327 g/mol. The average Bonchev–Trinajstić information content (AvgIpc) is 3.05. The van der Waals surface area contributed by atoms with Gasteiger partial charge in [0.05, 0.1) is 12.6 Å². The second kappa shape index (κ2) is 7.60. The van der Waals surface area contributed by atoms with Crippen molar-refractivity contribution in [1.29, 1.82) is 0 Å². The van der Waals surface area contributed by atoms with Gasteiger partial charge in [-0.25, -0.2) is 9.18 Å². The molecule has 1 aliphatic rings. The van der Waals surface area contributed by atoms with Crippen LogP contribution in [0.2, 0.25) is 0 Å². The highest BCUT2D eigenvalue weighted by atomic mass is 19.1. The molecule has 0 spiro atoms. The smallest absolute Gasteiger partial charge is 0.317 e. The monoisotopic (exact) mass is 348 g/mol. The molecule has 2 N–H and O–H groups in total. The largest absolute Gasteiger partial charge is 0.388 e. The van der Waals surface area contributed by atoms with E-state index in [-0.39, 0.29) is 24.3 Å². The molecule has 0 radical (unpaired) electrons. The highest BCUT2D eigenvalue weighted by molar-refractivity contribution is 5.74. The third-order valence-electron chi connectivity index (χ3n) is 4.45. The first kappa shape index (κ1) is 17.3. The lowest BCUT2D eigenvalue weighted by Crippen LogP contribution is -2.45. The normalized spacial score (nSPS) is 16.7. The number of aliphatic hydroxyl groups is 1. The van der Waals surface area contributed by atoms with E-state index in [2.05, 4.69) is 15.5 Å². The van der Waals surface area contributed by atoms with E-state index < -0.39 is 6.10 Å². The van der Waals surface area contributed by atoms with Gasteiger partial charge in [0.25, 0.3) is 0 Å². The Balaban J connectivity index is 1.47. The number of benzene rings is 1. The third kappa shape index (κ3) is 4.33. The van der Waals surface area contributed by atoms with Crippen molar-refractivity contribution in [3.8, 4) is 0 Å². The van der Waals surface area contributed by atoms with Crippen LogP contribution < -0.4 is 5.32 Å². The maximum absolute atomic E-state index is 13.0. The van der Waals surface area contributed by atoms with Crippen molar-refractivity contribution in [2.45, 2.75) is 32.4 Å². The summed E-state index contributed by atoms with van der Waals surface area (Å²) in [5, 5.41) is 16.9. The fraction of sp³-hybridized carbons (Fsp3) is 0.471. The van der Waals surface area contributed by atoms with Crippen LogP contribution in [0, 0.1) is 18.7 Å². The molecule has 1 atom stereocenters. The van der Waals surface area contributed by atoms with Crippen molar-refractivity contribution in [1.82, 2.24) is 20.4 Å². The number of nitrogens with zero attached hydrogens (tertiary/aromatic N) is 3. The lowest BCUT2D eigenvalue weighted by molar-refractivity contribution is 0.0664. The Labute approximate surface area is 144 Å². The van der Waals surface area contributed by atoms with E-state index in [1.165, 1.54) is 12.1 Å². The van der Waals surface area contributed by atoms with Gasteiger partial charge in [0.15, 0.2) is 5.82 Å². The summed E-state index contributed by atoms with van der Waals surface area (Å²) in [6, 6.07) is 5.72. The molecule has 134 valence electrons. The minimum Gasteiger partial charge on any atom is -0.388 e. The van der Waals surface area contributed by atoms with E-state index in [4.69, 9.17) is 4.52 Å². The Morgan fingerprint density at radius 3 is 2.68 bits per heavy atom. The van der Waals surface area contributed by atoms with Crippen LogP contribution in [-0.4, -0.2) is 39.3 Å². The first-order chi connectivity index (χ1) is 12.0. The highest BCUT2D eigenvalue weighted by Crippen LogP contribution is 2.30. The second-order valence-corrected chi connectivity index (χ2v) is 6.21. The number of hydrogen-bond donors (Lipinski definition) is 2. The van der Waals surface area contributed by atoms with Crippen LogP contribution in [-0.2, 0) is 6.54 Å². The number of rotatable bonds is 4. The minimum absolute atomic E-state index is 0.0503. The average molecular weight is 348 g/mol. The molecule has 3 rings (SSSR count). The molecular formula is C17H21FN4O3. The summed E-state index contributed by atoms with van der Waals surface area (Å²) < 4.78 is 17.8. The van der Waals surface area contributed by atoms with E-state index in [9.17, 15) is 14.3 Å². The Bertz CT molecular complexity index is 711. The number of aliphatic hydroxyl groups excluding tert-OH is 1. The number of carbonyl (C=O) groups excluding carboxylic acids is 1. The maximum Gasteiger partial charge on any atom is 0.317 e. The molecule has 0 saturated carbocycles. The van der Waals surface area contributed by atoms with Crippen LogP contribution in [0.25, 0.3) is 0 Å². The summed E-state index contributed by atoms with van der Waals surface area (Å²) in [7, 11) is 0. The summed E-state index contributed by atoms with van der Waals surface area (Å²) in [6.45, 7) is 3.02. The lowest BCUT2D eigenvalue weighted by Gasteiger charge is -2.34. The highest BCUT2D eigenvalue weighted by Gasteiger charge is 2.28. The third-order valence-corrected chi connectivity index (χ3v) is 4.45. The first-order valence-electron chi connectivity index (χ1n) is 8.28. The molecule has 25 heavy (non-hydrogen) atoms. The lowest BCUT2D eigenvalue weighted by atomic mass is 9.87. The quantitative estimate of drug-likeness (QED) is 0.884. The van der Waals surface area contributed by atoms with E-state index in [0.717, 1.165) is 0 Å². The number of nitrogens with one attached hydrogen (secondary N) is 1. The van der Waals surface area contributed by atoms with Gasteiger partial charge in [-0.3, -0.25) is 0 Å². The Hall–Kier alpha value is -2.48. The van der Waals surface area contributed by atoms with Gasteiger partial charge in [-0.1, -0.05) is 17.3 Å². The number of piperidine rings is 1. The zero-order valence-electron chi connectivity index (χ0n) is 14.0. The molecule has 2 heterocycles. The van der Waals surface area contributed by atoms with Gasteiger partial charge in [-0.2, -0.15) is 4.98 Å². The molecule has 2 aromatic rings. The van der Waals surface area contributed by atoms with E-state index in [1.54, 1.807) is 24.0 Å². The first-order valence-corrected chi connectivity index (χ1v) is 8.28. The molecule has 2 amide bonds. The van der Waals surface area contributed by atoms with Gasteiger partial charge >= 0.3 is 6.03 Å². The Kier molecular flexibility index (Phi) is 5.28. The van der Waals surface area contributed by atoms with Crippen LogP contribution >= 0.6 is 0 Å². The number of carbonyl (C=O) groups is 1. The van der Waals surface area contributed by atoms with Gasteiger partial charge < -0.3 is 19.8 Å². The Morgan fingerprint density at radius 2 is 2.08 bits per heavy atom. The molecule has 0 aliphatic carbocycles. The predicted octanol–water partition coefficient (Wildman–Crippen LogP) is 2.17. The zero-order chi connectivity index (χ0) is 17.8. The summed E-state index contributed by atoms with van der Waals surface area (Å²) in [5.41, 5.74) is 0.705. The van der Waals surface area contributed by atoms with Gasteiger partial charge in [0, 0.05) is 20.0 Å². The second-order valence-electron chi connectivity index (χ2n) is 6.21. The number of amides is 2. The zero-order valence-corrected chi connectivity index (χ0v) is 14.0. The van der Waals surface area contributed by atoms with Crippen molar-refractivity contribution >= 4 is 6.03 Å². The summed E-state index contributed by atoms with van der Waals surface area (Å²) in [6.07, 6.45) is 0.730. The van der Waals surface area contributed by atoms with Crippen LogP contribution in [0.3, 0.4) is 0 Å². The van der Waals surface area contributed by atoms with Crippen LogP contribution in [0.4, 0.5) is 9.18 Å². The molecule has 1 saturated heterocycles. The summed E-state index contributed by atoms with van der Waals surface area (Å²) >= 11 is 0. The van der Waals surface area contributed by atoms with Crippen LogP contribution in [0.5, 0.6) is 0 Å². The van der Waals surface area contributed by atoms with Crippen LogP contribution in [0.15, 0.2) is 28.8 Å².